The van der Waals surface area contributed by atoms with E-state index in [4.69, 9.17) is 14.6 Å². The summed E-state index contributed by atoms with van der Waals surface area (Å²) in [5.41, 5.74) is -0.537. The quantitative estimate of drug-likeness (QED) is 0.0866. The highest BCUT2D eigenvalue weighted by atomic mass is 16.5. The maximum Gasteiger partial charge on any atom is 0.408 e. The number of rotatable bonds is 18. The Morgan fingerprint density at radius 3 is 2.52 bits per heavy atom. The minimum absolute atomic E-state index is 0.0930. The Labute approximate surface area is 279 Å². The predicted molar refractivity (Wildman–Crippen MR) is 165 cm³/mol. The number of carboxylic acid groups (broad SMARTS) is 1. The zero-order valence-corrected chi connectivity index (χ0v) is 27.1. The molecule has 4 aliphatic carbocycles. The number of nitrogens with one attached hydrogen (secondary N) is 1. The van der Waals surface area contributed by atoms with Gasteiger partial charge in [0.25, 0.3) is 0 Å². The number of aliphatic hydroxyl groups excluding tert-OH is 5. The van der Waals surface area contributed by atoms with Crippen LogP contribution >= 0.6 is 0 Å². The number of nitriles is 1. The van der Waals surface area contributed by atoms with Crippen molar-refractivity contribution in [3.8, 4) is 6.07 Å². The first-order valence-electron chi connectivity index (χ1n) is 16.8. The van der Waals surface area contributed by atoms with Gasteiger partial charge in [0.15, 0.2) is 0 Å². The molecule has 48 heavy (non-hydrogen) atoms. The fraction of sp³-hybridized carbons (Fsp3) is 0.839. The number of likely N-dealkylation sites (tertiary alicyclic amines) is 1. The molecule has 1 aliphatic heterocycles. The number of ether oxygens (including phenoxy) is 2. The first-order chi connectivity index (χ1) is 23.0. The highest BCUT2D eigenvalue weighted by molar-refractivity contribution is 5.83. The van der Waals surface area contributed by atoms with Crippen LogP contribution in [0.3, 0.4) is 0 Å². The Hall–Kier alpha value is -2.95. The number of carbonyl (C=O) groups is 2. The van der Waals surface area contributed by atoms with Crippen LogP contribution in [0.4, 0.5) is 4.79 Å². The minimum Gasteiger partial charge on any atom is -0.465 e. The Kier molecular flexibility index (Phi) is 11.9. The van der Waals surface area contributed by atoms with Crippen LogP contribution in [0.1, 0.15) is 57.1 Å². The second kappa shape index (κ2) is 15.7. The Balaban J connectivity index is 1.04. The van der Waals surface area contributed by atoms with Crippen LogP contribution in [0.2, 0.25) is 0 Å². The van der Waals surface area contributed by atoms with E-state index in [1.165, 1.54) is 9.80 Å². The van der Waals surface area contributed by atoms with Gasteiger partial charge in [-0.1, -0.05) is 5.21 Å². The van der Waals surface area contributed by atoms with E-state index >= 15 is 0 Å². The normalized spacial score (nSPS) is 30.2. The van der Waals surface area contributed by atoms with Crippen LogP contribution in [0, 0.1) is 23.2 Å². The molecule has 0 aromatic carbocycles. The van der Waals surface area contributed by atoms with Gasteiger partial charge in [-0.2, -0.15) is 5.26 Å². The van der Waals surface area contributed by atoms with Crippen molar-refractivity contribution in [2.45, 2.75) is 106 Å². The molecule has 2 amide bonds. The lowest BCUT2D eigenvalue weighted by atomic mass is 9.50. The van der Waals surface area contributed by atoms with Gasteiger partial charge in [0.1, 0.15) is 30.9 Å². The van der Waals surface area contributed by atoms with E-state index in [-0.39, 0.29) is 25.5 Å². The number of hydrogen-bond donors (Lipinski definition) is 7. The summed E-state index contributed by atoms with van der Waals surface area (Å²) >= 11 is 0. The Morgan fingerprint density at radius 2 is 1.83 bits per heavy atom. The molecule has 5 aliphatic rings. The van der Waals surface area contributed by atoms with Gasteiger partial charge in [0.2, 0.25) is 5.91 Å². The molecule has 4 unspecified atom stereocenters. The summed E-state index contributed by atoms with van der Waals surface area (Å²) in [6, 6.07) is 1.68. The van der Waals surface area contributed by atoms with Crippen LogP contribution in [0.15, 0.2) is 6.20 Å². The Bertz CT molecular complexity index is 1280. The van der Waals surface area contributed by atoms with Crippen LogP contribution in [-0.4, -0.2) is 155 Å². The number of carbonyl (C=O) groups excluding carboxylic acids is 1. The molecule has 0 spiro atoms. The highest BCUT2D eigenvalue weighted by Gasteiger charge is 2.61. The zero-order chi connectivity index (χ0) is 34.5. The highest BCUT2D eigenvalue weighted by Crippen LogP contribution is 2.60. The van der Waals surface area contributed by atoms with Crippen molar-refractivity contribution >= 4 is 12.0 Å². The molecule has 6 rings (SSSR count). The molecule has 17 nitrogen and oxygen atoms in total. The number of nitrogens with zero attached hydrogens (tertiary/aromatic N) is 6. The molecule has 1 aromatic heterocycles. The fourth-order valence-electron chi connectivity index (χ4n) is 8.62. The number of hydrogen-bond acceptors (Lipinski definition) is 13. The summed E-state index contributed by atoms with van der Waals surface area (Å²) in [6.07, 6.45) is 0.466. The van der Waals surface area contributed by atoms with Gasteiger partial charge in [-0.15, -0.1) is 5.10 Å². The summed E-state index contributed by atoms with van der Waals surface area (Å²) in [5.74, 6) is 0.359. The minimum atomic E-state index is -1.69. The average Bonchev–Trinajstić information content (AvgIpc) is 3.72. The molecule has 9 atom stereocenters. The second-order valence-electron chi connectivity index (χ2n) is 14.0. The van der Waals surface area contributed by atoms with Crippen molar-refractivity contribution in [3.05, 3.63) is 11.9 Å². The van der Waals surface area contributed by atoms with E-state index < -0.39 is 54.3 Å². The summed E-state index contributed by atoms with van der Waals surface area (Å²) in [7, 11) is 0. The average molecular weight is 680 g/mol. The van der Waals surface area contributed by atoms with E-state index in [2.05, 4.69) is 21.7 Å². The summed E-state index contributed by atoms with van der Waals surface area (Å²) < 4.78 is 13.9. The lowest BCUT2D eigenvalue weighted by Gasteiger charge is -2.63. The number of amides is 2. The molecular formula is C31H49N7O10. The molecule has 7 N–H and O–H groups in total. The van der Waals surface area contributed by atoms with Gasteiger partial charge < -0.3 is 50.3 Å². The van der Waals surface area contributed by atoms with Gasteiger partial charge >= 0.3 is 6.09 Å². The number of aromatic nitrogens is 3. The SMILES string of the molecule is N#CC1CCCN1C(=O)CN(C(=O)O)C12CC3C[C@H](CC(OCCOCCn4cc(CNC[C@H](O)[C@@H](O)[C@H](O)[C@H](O)CO)nn4)(C3)C1)C2. The van der Waals surface area contributed by atoms with E-state index in [0.717, 1.165) is 38.5 Å². The van der Waals surface area contributed by atoms with Gasteiger partial charge in [-0.05, 0) is 63.2 Å². The lowest BCUT2D eigenvalue weighted by molar-refractivity contribution is -0.200. The molecule has 0 radical (unpaired) electrons. The fourth-order valence-corrected chi connectivity index (χ4v) is 8.62. The van der Waals surface area contributed by atoms with Crippen LogP contribution in [0.25, 0.3) is 0 Å². The molecule has 5 fully saturated rings. The summed E-state index contributed by atoms with van der Waals surface area (Å²) in [5, 5.41) is 78.7. The standard InChI is InChI=1S/C31H49N7O10/c32-13-23-2-1-3-37(23)26(42)17-38(29(45)46)30-9-20-8-21(10-30)12-31(11-20,19-30)48-7-6-47-5-4-36-16-22(34-35-36)14-33-15-24(40)27(43)28(44)25(41)18-39/h16,20-21,23-25,27-28,33,39-41,43-44H,1-12,14-15,17-19H2,(H,45,46)/t20-,21?,23?,24-,25+,27+,28+,30?,31?/m0/s1. The van der Waals surface area contributed by atoms with Crippen LogP contribution in [-0.2, 0) is 27.4 Å². The lowest BCUT2D eigenvalue weighted by Crippen LogP contribution is -2.68. The first-order valence-corrected chi connectivity index (χ1v) is 16.8. The predicted octanol–water partition coefficient (Wildman–Crippen LogP) is -1.58. The van der Waals surface area contributed by atoms with Crippen molar-refractivity contribution < 1.29 is 49.7 Å². The first kappa shape index (κ1) is 36.3. The molecule has 2 heterocycles. The van der Waals surface area contributed by atoms with Crippen LogP contribution < -0.4 is 5.32 Å². The maximum absolute atomic E-state index is 13.2. The third kappa shape index (κ3) is 8.25. The smallest absolute Gasteiger partial charge is 0.408 e. The third-order valence-corrected chi connectivity index (χ3v) is 10.5. The third-order valence-electron chi connectivity index (χ3n) is 10.5. The van der Waals surface area contributed by atoms with Gasteiger partial charge in [0.05, 0.1) is 62.0 Å². The van der Waals surface area contributed by atoms with Crippen molar-refractivity contribution in [2.24, 2.45) is 11.8 Å². The topological polar surface area (TPSA) is 247 Å². The maximum atomic E-state index is 13.2. The monoisotopic (exact) mass is 679 g/mol. The molecule has 1 saturated heterocycles. The molecule has 1 aromatic rings. The zero-order valence-electron chi connectivity index (χ0n) is 27.1. The molecule has 17 heteroatoms. The largest absolute Gasteiger partial charge is 0.465 e. The molecular weight excluding hydrogens is 630 g/mol. The summed E-state index contributed by atoms with van der Waals surface area (Å²) in [4.78, 5) is 28.7. The number of aliphatic hydroxyl groups is 5. The Morgan fingerprint density at radius 1 is 1.10 bits per heavy atom. The van der Waals surface area contributed by atoms with Gasteiger partial charge in [0, 0.05) is 25.8 Å². The van der Waals surface area contributed by atoms with Gasteiger partial charge in [-0.25, -0.2) is 9.48 Å². The van der Waals surface area contributed by atoms with Crippen molar-refractivity contribution in [1.29, 1.82) is 5.26 Å². The van der Waals surface area contributed by atoms with Crippen molar-refractivity contribution in [1.82, 2.24) is 30.1 Å². The van der Waals surface area contributed by atoms with Gasteiger partial charge in [-0.3, -0.25) is 9.69 Å². The van der Waals surface area contributed by atoms with E-state index in [9.17, 15) is 40.4 Å². The van der Waals surface area contributed by atoms with E-state index in [1.807, 2.05) is 0 Å². The van der Waals surface area contributed by atoms with Crippen molar-refractivity contribution in [2.75, 3.05) is 46.1 Å². The molecule has 268 valence electrons. The van der Waals surface area contributed by atoms with E-state index in [1.54, 1.807) is 10.9 Å². The van der Waals surface area contributed by atoms with Crippen LogP contribution in [0.5, 0.6) is 0 Å². The summed E-state index contributed by atoms with van der Waals surface area (Å²) in [6.45, 7) is 1.12. The molecule has 4 bridgehead atoms. The van der Waals surface area contributed by atoms with Crippen molar-refractivity contribution in [3.63, 3.8) is 0 Å². The molecule has 4 saturated carbocycles. The van der Waals surface area contributed by atoms with E-state index in [0.29, 0.717) is 63.3 Å². The second-order valence-corrected chi connectivity index (χ2v) is 14.0.